The lowest BCUT2D eigenvalue weighted by Gasteiger charge is -2.14. The molecule has 116 valence electrons. The van der Waals surface area contributed by atoms with E-state index in [9.17, 15) is 4.79 Å². The smallest absolute Gasteiger partial charge is 0.258 e. The number of rotatable bonds is 0. The van der Waals surface area contributed by atoms with Gasteiger partial charge in [0.2, 0.25) is 0 Å². The van der Waals surface area contributed by atoms with E-state index in [-0.39, 0.29) is 5.56 Å². The van der Waals surface area contributed by atoms with Gasteiger partial charge in [0.05, 0.1) is 0 Å². The average molecular weight is 370 g/mol. The second-order valence-electron chi connectivity index (χ2n) is 6.07. The molecule has 0 fully saturated rings. The summed E-state index contributed by atoms with van der Waals surface area (Å²) in [5.74, 6) is 1.75. The Morgan fingerprint density at radius 2 is 1.96 bits per heavy atom. The van der Waals surface area contributed by atoms with Gasteiger partial charge in [0.1, 0.15) is 11.5 Å². The van der Waals surface area contributed by atoms with Gasteiger partial charge in [-0.15, -0.1) is 0 Å². The van der Waals surface area contributed by atoms with Gasteiger partial charge in [-0.25, -0.2) is 0 Å². The van der Waals surface area contributed by atoms with E-state index >= 15 is 0 Å². The third-order valence-electron chi connectivity index (χ3n) is 4.59. The molecule has 3 aromatic rings. The van der Waals surface area contributed by atoms with E-state index in [1.165, 1.54) is 5.57 Å². The molecule has 4 rings (SSSR count). The highest BCUT2D eigenvalue weighted by Crippen LogP contribution is 2.40. The number of aryl methyl sites for hydroxylation is 1. The van der Waals surface area contributed by atoms with Crippen molar-refractivity contribution in [1.82, 2.24) is 4.57 Å². The van der Waals surface area contributed by atoms with E-state index in [0.717, 1.165) is 44.6 Å². The van der Waals surface area contributed by atoms with Crippen molar-refractivity contribution >= 4 is 32.3 Å². The van der Waals surface area contributed by atoms with E-state index < -0.39 is 0 Å². The van der Waals surface area contributed by atoms with Crippen LogP contribution in [0.5, 0.6) is 0 Å². The molecule has 0 saturated carbocycles. The fraction of sp³-hybridized carbons (Fsp3) is 0.211. The number of pyridine rings is 1. The van der Waals surface area contributed by atoms with Gasteiger partial charge in [-0.3, -0.25) is 4.79 Å². The van der Waals surface area contributed by atoms with Gasteiger partial charge in [0.25, 0.3) is 5.56 Å². The number of aromatic nitrogens is 1. The predicted molar refractivity (Wildman–Crippen MR) is 96.7 cm³/mol. The standard InChI is InChI=1S/C19H16BrNO2/c1-10-4-7-16-17(18-14(10)8-11(2)23-18)13-6-5-12(20)9-15(13)19(22)21(16)3/h4-6,8-9H,7H2,1-3H3. The molecule has 23 heavy (non-hydrogen) atoms. The van der Waals surface area contributed by atoms with E-state index in [0.29, 0.717) is 5.39 Å². The molecule has 0 spiro atoms. The first-order valence-corrected chi connectivity index (χ1v) is 8.35. The minimum atomic E-state index is 0.0258. The summed E-state index contributed by atoms with van der Waals surface area (Å²) < 4.78 is 8.70. The highest BCUT2D eigenvalue weighted by molar-refractivity contribution is 9.10. The lowest BCUT2D eigenvalue weighted by Crippen LogP contribution is -2.21. The number of hydrogen-bond acceptors (Lipinski definition) is 2. The summed E-state index contributed by atoms with van der Waals surface area (Å²) in [4.78, 5) is 12.8. The van der Waals surface area contributed by atoms with Gasteiger partial charge in [-0.1, -0.05) is 28.1 Å². The molecule has 1 aliphatic carbocycles. The Morgan fingerprint density at radius 3 is 2.74 bits per heavy atom. The Bertz CT molecular complexity index is 1050. The zero-order valence-electron chi connectivity index (χ0n) is 13.2. The Morgan fingerprint density at radius 1 is 1.17 bits per heavy atom. The van der Waals surface area contributed by atoms with Crippen LogP contribution in [0, 0.1) is 6.92 Å². The monoisotopic (exact) mass is 369 g/mol. The van der Waals surface area contributed by atoms with Crippen LogP contribution in [0.3, 0.4) is 0 Å². The number of allylic oxidation sites excluding steroid dienone is 2. The molecule has 0 unspecified atom stereocenters. The van der Waals surface area contributed by atoms with Crippen molar-refractivity contribution < 1.29 is 4.42 Å². The Hall–Kier alpha value is -2.07. The molecule has 3 nitrogen and oxygen atoms in total. The van der Waals surface area contributed by atoms with Gasteiger partial charge in [-0.05, 0) is 37.6 Å². The van der Waals surface area contributed by atoms with Crippen LogP contribution >= 0.6 is 15.9 Å². The number of benzene rings is 1. The quantitative estimate of drug-likeness (QED) is 0.568. The van der Waals surface area contributed by atoms with Crippen molar-refractivity contribution in [2.45, 2.75) is 20.3 Å². The van der Waals surface area contributed by atoms with E-state index in [1.807, 2.05) is 32.2 Å². The van der Waals surface area contributed by atoms with Crippen LogP contribution < -0.4 is 5.56 Å². The number of hydrogen-bond donors (Lipinski definition) is 0. The van der Waals surface area contributed by atoms with Crippen molar-refractivity contribution in [3.8, 4) is 11.3 Å². The predicted octanol–water partition coefficient (Wildman–Crippen LogP) is 4.83. The van der Waals surface area contributed by atoms with Crippen LogP contribution in [0.15, 0.2) is 44.0 Å². The van der Waals surface area contributed by atoms with Gasteiger partial charge >= 0.3 is 0 Å². The molecule has 0 N–H and O–H groups in total. The van der Waals surface area contributed by atoms with Gasteiger partial charge in [-0.2, -0.15) is 0 Å². The Kier molecular flexibility index (Phi) is 3.13. The first-order chi connectivity index (χ1) is 11.0. The summed E-state index contributed by atoms with van der Waals surface area (Å²) in [5.41, 5.74) is 4.36. The largest absolute Gasteiger partial charge is 0.461 e. The number of halogens is 1. The van der Waals surface area contributed by atoms with Crippen molar-refractivity contribution in [3.63, 3.8) is 0 Å². The summed E-state index contributed by atoms with van der Waals surface area (Å²) in [6.45, 7) is 4.05. The number of nitrogens with zero attached hydrogens (tertiary/aromatic N) is 1. The Labute approximate surface area is 142 Å². The fourth-order valence-electron chi connectivity index (χ4n) is 3.38. The normalized spacial score (nSPS) is 13.5. The van der Waals surface area contributed by atoms with Gasteiger partial charge < -0.3 is 8.98 Å². The molecule has 4 heteroatoms. The topological polar surface area (TPSA) is 35.1 Å². The molecule has 1 aliphatic rings. The van der Waals surface area contributed by atoms with Crippen LogP contribution in [-0.4, -0.2) is 4.57 Å². The molecular weight excluding hydrogens is 354 g/mol. The maximum atomic E-state index is 12.8. The molecule has 0 aliphatic heterocycles. The minimum Gasteiger partial charge on any atom is -0.461 e. The van der Waals surface area contributed by atoms with Crippen LogP contribution in [0.25, 0.3) is 27.7 Å². The molecule has 0 bridgehead atoms. The second-order valence-corrected chi connectivity index (χ2v) is 6.98. The van der Waals surface area contributed by atoms with Gasteiger partial charge in [0, 0.05) is 45.5 Å². The summed E-state index contributed by atoms with van der Waals surface area (Å²) >= 11 is 3.47. The SMILES string of the molecule is CC1=CCc2c(c3ccc(Br)cc3c(=O)n2C)-c2oc(C)cc21. The maximum Gasteiger partial charge on any atom is 0.258 e. The first-order valence-electron chi connectivity index (χ1n) is 7.56. The van der Waals surface area contributed by atoms with Gasteiger partial charge in [0.15, 0.2) is 0 Å². The van der Waals surface area contributed by atoms with Crippen molar-refractivity contribution in [3.05, 3.63) is 62.2 Å². The molecule has 2 heterocycles. The molecule has 0 radical (unpaired) electrons. The van der Waals surface area contributed by atoms with Crippen molar-refractivity contribution in [2.75, 3.05) is 0 Å². The van der Waals surface area contributed by atoms with Crippen LogP contribution in [-0.2, 0) is 13.5 Å². The highest BCUT2D eigenvalue weighted by Gasteiger charge is 2.24. The zero-order valence-corrected chi connectivity index (χ0v) is 14.8. The lowest BCUT2D eigenvalue weighted by atomic mass is 9.99. The fourth-order valence-corrected chi connectivity index (χ4v) is 3.74. The van der Waals surface area contributed by atoms with Crippen LogP contribution in [0.1, 0.15) is 23.9 Å². The third-order valence-corrected chi connectivity index (χ3v) is 5.08. The number of furan rings is 1. The third kappa shape index (κ3) is 2.05. The summed E-state index contributed by atoms with van der Waals surface area (Å²) in [6, 6.07) is 7.94. The average Bonchev–Trinajstić information content (AvgIpc) is 2.85. The molecule has 0 atom stereocenters. The summed E-state index contributed by atoms with van der Waals surface area (Å²) in [5, 5.41) is 1.66. The second kappa shape index (κ2) is 4.96. The Balaban J connectivity index is 2.25. The van der Waals surface area contributed by atoms with E-state index in [2.05, 4.69) is 35.0 Å². The summed E-state index contributed by atoms with van der Waals surface area (Å²) in [6.07, 6.45) is 2.89. The minimum absolute atomic E-state index is 0.0258. The zero-order chi connectivity index (χ0) is 16.3. The number of fused-ring (bicyclic) bond motifs is 5. The van der Waals surface area contributed by atoms with E-state index in [4.69, 9.17) is 4.42 Å². The maximum absolute atomic E-state index is 12.8. The summed E-state index contributed by atoms with van der Waals surface area (Å²) in [7, 11) is 1.84. The highest BCUT2D eigenvalue weighted by atomic mass is 79.9. The molecule has 1 aromatic carbocycles. The molecular formula is C19H16BrNO2. The molecule has 0 saturated heterocycles. The van der Waals surface area contributed by atoms with Crippen molar-refractivity contribution in [2.24, 2.45) is 7.05 Å². The molecule has 2 aromatic heterocycles. The van der Waals surface area contributed by atoms with Crippen LogP contribution in [0.2, 0.25) is 0 Å². The molecule has 0 amide bonds. The van der Waals surface area contributed by atoms with Crippen LogP contribution in [0.4, 0.5) is 0 Å². The van der Waals surface area contributed by atoms with Crippen molar-refractivity contribution in [1.29, 1.82) is 0 Å². The lowest BCUT2D eigenvalue weighted by molar-refractivity contribution is 0.547. The van der Waals surface area contributed by atoms with E-state index in [1.54, 1.807) is 4.57 Å². The first kappa shape index (κ1) is 14.5.